The zero-order valence-corrected chi connectivity index (χ0v) is 12.0. The molecular formula is C16H20N4. The molecule has 0 bridgehead atoms. The maximum atomic E-state index is 9.14. The van der Waals surface area contributed by atoms with Crippen LogP contribution in [0.1, 0.15) is 19.8 Å². The van der Waals surface area contributed by atoms with Crippen molar-refractivity contribution in [3.05, 3.63) is 42.7 Å². The Hall–Kier alpha value is -2.12. The van der Waals surface area contributed by atoms with E-state index in [0.717, 1.165) is 30.8 Å². The highest BCUT2D eigenvalue weighted by molar-refractivity contribution is 5.55. The van der Waals surface area contributed by atoms with E-state index in [4.69, 9.17) is 5.26 Å². The predicted molar refractivity (Wildman–Crippen MR) is 80.0 cm³/mol. The van der Waals surface area contributed by atoms with Crippen molar-refractivity contribution >= 4 is 0 Å². The highest BCUT2D eigenvalue weighted by Crippen LogP contribution is 2.18. The van der Waals surface area contributed by atoms with Gasteiger partial charge in [0, 0.05) is 24.5 Å². The van der Waals surface area contributed by atoms with Gasteiger partial charge in [-0.2, -0.15) is 5.26 Å². The standard InChI is InChI=1S/C16H20N4/c1-16(13-17,18-2)9-6-11-20-12-10-19-15(20)14-7-4-3-5-8-14/h3-5,7-8,10,12,18H,6,9,11H2,1-2H3. The van der Waals surface area contributed by atoms with Crippen LogP contribution in [0, 0.1) is 11.3 Å². The van der Waals surface area contributed by atoms with Gasteiger partial charge in [0.25, 0.3) is 0 Å². The number of nitrogens with zero attached hydrogens (tertiary/aromatic N) is 3. The number of rotatable bonds is 6. The zero-order chi connectivity index (χ0) is 14.4. The third-order valence-electron chi connectivity index (χ3n) is 3.62. The topological polar surface area (TPSA) is 53.6 Å². The summed E-state index contributed by atoms with van der Waals surface area (Å²) in [6.07, 6.45) is 5.56. The smallest absolute Gasteiger partial charge is 0.139 e. The summed E-state index contributed by atoms with van der Waals surface area (Å²) in [4.78, 5) is 4.42. The fraction of sp³-hybridized carbons (Fsp3) is 0.375. The van der Waals surface area contributed by atoms with Crippen LogP contribution in [0.4, 0.5) is 0 Å². The van der Waals surface area contributed by atoms with Crippen LogP contribution in [-0.4, -0.2) is 22.1 Å². The Labute approximate surface area is 120 Å². The van der Waals surface area contributed by atoms with E-state index >= 15 is 0 Å². The third-order valence-corrected chi connectivity index (χ3v) is 3.62. The van der Waals surface area contributed by atoms with Gasteiger partial charge in [-0.25, -0.2) is 4.98 Å². The zero-order valence-electron chi connectivity index (χ0n) is 12.0. The molecule has 0 saturated carbocycles. The summed E-state index contributed by atoms with van der Waals surface area (Å²) >= 11 is 0. The Bertz CT molecular complexity index is 582. The molecule has 2 rings (SSSR count). The maximum Gasteiger partial charge on any atom is 0.139 e. The third kappa shape index (κ3) is 3.25. The van der Waals surface area contributed by atoms with E-state index in [1.165, 1.54) is 0 Å². The lowest BCUT2D eigenvalue weighted by molar-refractivity contribution is 0.424. The highest BCUT2D eigenvalue weighted by Gasteiger charge is 2.20. The first-order valence-electron chi connectivity index (χ1n) is 6.85. The first-order valence-corrected chi connectivity index (χ1v) is 6.85. The molecule has 4 heteroatoms. The lowest BCUT2D eigenvalue weighted by Crippen LogP contribution is -2.38. The van der Waals surface area contributed by atoms with Crippen molar-refractivity contribution in [3.8, 4) is 17.5 Å². The minimum absolute atomic E-state index is 0.451. The van der Waals surface area contributed by atoms with Crippen LogP contribution in [0.15, 0.2) is 42.7 Å². The molecule has 0 aliphatic rings. The van der Waals surface area contributed by atoms with E-state index in [2.05, 4.69) is 33.1 Å². The molecule has 4 nitrogen and oxygen atoms in total. The van der Waals surface area contributed by atoms with Crippen LogP contribution in [0.25, 0.3) is 11.4 Å². The molecule has 0 saturated heterocycles. The number of benzene rings is 1. The molecule has 1 heterocycles. The molecule has 1 unspecified atom stereocenters. The van der Waals surface area contributed by atoms with Gasteiger partial charge in [-0.05, 0) is 26.8 Å². The first kappa shape index (κ1) is 14.3. The summed E-state index contributed by atoms with van der Waals surface area (Å²) in [5, 5.41) is 12.2. The Morgan fingerprint density at radius 1 is 1.35 bits per heavy atom. The van der Waals surface area contributed by atoms with E-state index in [9.17, 15) is 0 Å². The summed E-state index contributed by atoms with van der Waals surface area (Å²) < 4.78 is 2.14. The monoisotopic (exact) mass is 268 g/mol. The van der Waals surface area contributed by atoms with Gasteiger partial charge in [0.05, 0.1) is 6.07 Å². The van der Waals surface area contributed by atoms with Crippen LogP contribution < -0.4 is 5.32 Å². The van der Waals surface area contributed by atoms with E-state index < -0.39 is 5.54 Å². The van der Waals surface area contributed by atoms with Crippen LogP contribution in [0.3, 0.4) is 0 Å². The molecule has 0 aliphatic heterocycles. The lowest BCUT2D eigenvalue weighted by atomic mass is 9.98. The van der Waals surface area contributed by atoms with E-state index in [0.29, 0.717) is 0 Å². The van der Waals surface area contributed by atoms with Crippen molar-refractivity contribution in [1.29, 1.82) is 5.26 Å². The predicted octanol–water partition coefficient (Wildman–Crippen LogP) is 2.83. The molecule has 0 radical (unpaired) electrons. The fourth-order valence-corrected chi connectivity index (χ4v) is 2.18. The van der Waals surface area contributed by atoms with Crippen molar-refractivity contribution in [3.63, 3.8) is 0 Å². The van der Waals surface area contributed by atoms with Gasteiger partial charge in [0.2, 0.25) is 0 Å². The molecule has 2 aromatic rings. The quantitative estimate of drug-likeness (QED) is 0.876. The average Bonchev–Trinajstić information content (AvgIpc) is 2.96. The Morgan fingerprint density at radius 2 is 2.10 bits per heavy atom. The number of aryl methyl sites for hydroxylation is 1. The molecule has 0 aliphatic carbocycles. The van der Waals surface area contributed by atoms with Gasteiger partial charge >= 0.3 is 0 Å². The van der Waals surface area contributed by atoms with Gasteiger partial charge in [-0.1, -0.05) is 30.3 Å². The summed E-state index contributed by atoms with van der Waals surface area (Å²) in [6, 6.07) is 12.5. The Morgan fingerprint density at radius 3 is 2.75 bits per heavy atom. The van der Waals surface area contributed by atoms with Crippen LogP contribution >= 0.6 is 0 Å². The van der Waals surface area contributed by atoms with Crippen molar-refractivity contribution in [2.24, 2.45) is 0 Å². The molecule has 1 aromatic carbocycles. The second-order valence-electron chi connectivity index (χ2n) is 5.11. The molecule has 0 fully saturated rings. The molecule has 104 valence electrons. The minimum Gasteiger partial charge on any atom is -0.331 e. The average molecular weight is 268 g/mol. The minimum atomic E-state index is -0.451. The number of hydrogen-bond donors (Lipinski definition) is 1. The lowest BCUT2D eigenvalue weighted by Gasteiger charge is -2.20. The highest BCUT2D eigenvalue weighted by atomic mass is 15.1. The van der Waals surface area contributed by atoms with Gasteiger partial charge in [-0.3, -0.25) is 0 Å². The van der Waals surface area contributed by atoms with Gasteiger partial charge in [-0.15, -0.1) is 0 Å². The van der Waals surface area contributed by atoms with Crippen molar-refractivity contribution in [2.75, 3.05) is 7.05 Å². The summed E-state index contributed by atoms with van der Waals surface area (Å²) in [6.45, 7) is 2.79. The van der Waals surface area contributed by atoms with E-state index in [1.54, 1.807) is 0 Å². The van der Waals surface area contributed by atoms with Crippen molar-refractivity contribution in [1.82, 2.24) is 14.9 Å². The molecule has 20 heavy (non-hydrogen) atoms. The summed E-state index contributed by atoms with van der Waals surface area (Å²) in [7, 11) is 1.83. The van der Waals surface area contributed by atoms with Crippen LogP contribution in [-0.2, 0) is 6.54 Å². The fourth-order valence-electron chi connectivity index (χ4n) is 2.18. The summed E-state index contributed by atoms with van der Waals surface area (Å²) in [5.74, 6) is 0.980. The second kappa shape index (κ2) is 6.36. The van der Waals surface area contributed by atoms with Gasteiger partial charge < -0.3 is 9.88 Å². The molecule has 1 aromatic heterocycles. The number of nitrogens with one attached hydrogen (secondary N) is 1. The Kier molecular flexibility index (Phi) is 4.54. The Balaban J connectivity index is 2.02. The molecule has 1 atom stereocenters. The van der Waals surface area contributed by atoms with E-state index in [-0.39, 0.29) is 0 Å². The SMILES string of the molecule is CNC(C)(C#N)CCCn1ccnc1-c1ccccc1. The van der Waals surface area contributed by atoms with Gasteiger partial charge in [0.15, 0.2) is 0 Å². The number of hydrogen-bond acceptors (Lipinski definition) is 3. The maximum absolute atomic E-state index is 9.14. The first-order chi connectivity index (χ1) is 9.68. The van der Waals surface area contributed by atoms with E-state index in [1.807, 2.05) is 44.6 Å². The number of imidazole rings is 1. The summed E-state index contributed by atoms with van der Waals surface area (Å²) in [5.41, 5.74) is 0.669. The number of nitriles is 1. The molecular weight excluding hydrogens is 248 g/mol. The normalized spacial score (nSPS) is 13.7. The molecule has 0 spiro atoms. The van der Waals surface area contributed by atoms with Gasteiger partial charge in [0.1, 0.15) is 11.4 Å². The molecule has 1 N–H and O–H groups in total. The van der Waals surface area contributed by atoms with Crippen molar-refractivity contribution in [2.45, 2.75) is 31.8 Å². The molecule has 0 amide bonds. The number of aromatic nitrogens is 2. The second-order valence-corrected chi connectivity index (χ2v) is 5.11. The van der Waals surface area contributed by atoms with Crippen molar-refractivity contribution < 1.29 is 0 Å². The largest absolute Gasteiger partial charge is 0.331 e. The van der Waals surface area contributed by atoms with Crippen LogP contribution in [0.5, 0.6) is 0 Å². The van der Waals surface area contributed by atoms with Crippen LogP contribution in [0.2, 0.25) is 0 Å².